The van der Waals surface area contributed by atoms with E-state index in [-0.39, 0.29) is 23.9 Å². The van der Waals surface area contributed by atoms with E-state index in [1.165, 1.54) is 12.1 Å². The Balaban J connectivity index is 1.42. The van der Waals surface area contributed by atoms with Crippen molar-refractivity contribution in [1.82, 2.24) is 4.90 Å². The third-order valence-electron chi connectivity index (χ3n) is 5.40. The molecule has 0 aromatic heterocycles. The van der Waals surface area contributed by atoms with E-state index in [1.54, 1.807) is 53.2 Å². The van der Waals surface area contributed by atoms with E-state index in [4.69, 9.17) is 4.74 Å². The Morgan fingerprint density at radius 2 is 1.78 bits per heavy atom. The number of rotatable bonds is 4. The van der Waals surface area contributed by atoms with Crippen LogP contribution in [0, 0.1) is 5.82 Å². The molecule has 3 aromatic rings. The minimum absolute atomic E-state index is 0.171. The number of para-hydroxylation sites is 1. The Labute approximate surface area is 186 Å². The lowest BCUT2D eigenvalue weighted by Gasteiger charge is -2.33. The molecule has 0 saturated carbocycles. The maximum Gasteiger partial charge on any atom is 0.322 e. The number of amides is 3. The summed E-state index contributed by atoms with van der Waals surface area (Å²) < 4.78 is 19.0. The quantitative estimate of drug-likeness (QED) is 0.648. The maximum atomic E-state index is 13.2. The standard InChI is InChI=1S/C25H24FN3O3/c1-28(22-8-3-2-4-9-22)24(30)19-6-5-7-21(16-19)27-25(31)29-14-15-32-23(17-29)18-10-12-20(26)13-11-18/h2-13,16,23H,14-15,17H2,1H3,(H,27,31)/t23-/m0/s1. The third-order valence-corrected chi connectivity index (χ3v) is 5.40. The number of carbonyl (C=O) groups is 2. The van der Waals surface area contributed by atoms with Gasteiger partial charge < -0.3 is 19.9 Å². The molecule has 4 rings (SSSR count). The number of nitrogens with one attached hydrogen (secondary N) is 1. The lowest BCUT2D eigenvalue weighted by atomic mass is 10.1. The molecule has 0 bridgehead atoms. The van der Waals surface area contributed by atoms with Crippen molar-refractivity contribution in [3.8, 4) is 0 Å². The van der Waals surface area contributed by atoms with Crippen LogP contribution in [0.5, 0.6) is 0 Å². The van der Waals surface area contributed by atoms with Crippen molar-refractivity contribution in [3.05, 3.63) is 95.8 Å². The molecule has 1 aliphatic heterocycles. The first-order valence-corrected chi connectivity index (χ1v) is 10.4. The second-order valence-corrected chi connectivity index (χ2v) is 7.57. The zero-order valence-corrected chi connectivity index (χ0v) is 17.7. The number of urea groups is 1. The van der Waals surface area contributed by atoms with Gasteiger partial charge in [-0.05, 0) is 48.0 Å². The predicted molar refractivity (Wildman–Crippen MR) is 121 cm³/mol. The predicted octanol–water partition coefficient (Wildman–Crippen LogP) is 4.71. The Morgan fingerprint density at radius 1 is 1.03 bits per heavy atom. The van der Waals surface area contributed by atoms with E-state index in [0.717, 1.165) is 11.3 Å². The van der Waals surface area contributed by atoms with Crippen LogP contribution in [0.25, 0.3) is 0 Å². The summed E-state index contributed by atoms with van der Waals surface area (Å²) in [5, 5.41) is 2.87. The van der Waals surface area contributed by atoms with Crippen molar-refractivity contribution in [2.45, 2.75) is 6.10 Å². The van der Waals surface area contributed by atoms with Gasteiger partial charge in [0.2, 0.25) is 0 Å². The fourth-order valence-corrected chi connectivity index (χ4v) is 3.61. The van der Waals surface area contributed by atoms with Crippen LogP contribution in [0.4, 0.5) is 20.6 Å². The van der Waals surface area contributed by atoms with Crippen molar-refractivity contribution in [2.75, 3.05) is 37.0 Å². The number of benzene rings is 3. The molecule has 1 atom stereocenters. The number of nitrogens with zero attached hydrogens (tertiary/aromatic N) is 2. The minimum atomic E-state index is -0.317. The molecular weight excluding hydrogens is 409 g/mol. The van der Waals surface area contributed by atoms with E-state index >= 15 is 0 Å². The van der Waals surface area contributed by atoms with Crippen LogP contribution in [0.15, 0.2) is 78.9 Å². The molecule has 164 valence electrons. The summed E-state index contributed by atoms with van der Waals surface area (Å²) in [5.41, 5.74) is 2.61. The van der Waals surface area contributed by atoms with Crippen molar-refractivity contribution < 1.29 is 18.7 Å². The minimum Gasteiger partial charge on any atom is -0.370 e. The molecule has 1 N–H and O–H groups in total. The highest BCUT2D eigenvalue weighted by atomic mass is 19.1. The number of halogens is 1. The summed E-state index contributed by atoms with van der Waals surface area (Å²) in [6.45, 7) is 1.18. The highest BCUT2D eigenvalue weighted by molar-refractivity contribution is 6.06. The fraction of sp³-hybridized carbons (Fsp3) is 0.200. The van der Waals surface area contributed by atoms with Crippen LogP contribution in [-0.2, 0) is 4.74 Å². The van der Waals surface area contributed by atoms with Crippen LogP contribution in [0.1, 0.15) is 22.0 Å². The summed E-state index contributed by atoms with van der Waals surface area (Å²) in [4.78, 5) is 28.9. The molecule has 3 amide bonds. The van der Waals surface area contributed by atoms with Crippen LogP contribution >= 0.6 is 0 Å². The van der Waals surface area contributed by atoms with Gasteiger partial charge in [-0.3, -0.25) is 4.79 Å². The van der Waals surface area contributed by atoms with Crippen LogP contribution in [-0.4, -0.2) is 43.6 Å². The van der Waals surface area contributed by atoms with Crippen molar-refractivity contribution in [2.24, 2.45) is 0 Å². The van der Waals surface area contributed by atoms with E-state index in [0.29, 0.717) is 30.9 Å². The van der Waals surface area contributed by atoms with E-state index in [9.17, 15) is 14.0 Å². The van der Waals surface area contributed by atoms with Crippen LogP contribution in [0.3, 0.4) is 0 Å². The number of hydrogen-bond acceptors (Lipinski definition) is 3. The normalized spacial score (nSPS) is 15.8. The lowest BCUT2D eigenvalue weighted by Crippen LogP contribution is -2.44. The summed E-state index contributed by atoms with van der Waals surface area (Å²) >= 11 is 0. The summed E-state index contributed by atoms with van der Waals surface area (Å²) in [6, 6.07) is 22.0. The van der Waals surface area contributed by atoms with Gasteiger partial charge in [0, 0.05) is 30.5 Å². The number of anilines is 2. The molecule has 1 fully saturated rings. The Bertz CT molecular complexity index is 1090. The van der Waals surface area contributed by atoms with Gasteiger partial charge in [-0.1, -0.05) is 36.4 Å². The zero-order chi connectivity index (χ0) is 22.5. The van der Waals surface area contributed by atoms with Gasteiger partial charge >= 0.3 is 6.03 Å². The molecule has 1 heterocycles. The molecule has 3 aromatic carbocycles. The van der Waals surface area contributed by atoms with Crippen molar-refractivity contribution in [1.29, 1.82) is 0 Å². The lowest BCUT2D eigenvalue weighted by molar-refractivity contribution is -0.0135. The summed E-state index contributed by atoms with van der Waals surface area (Å²) in [5.74, 6) is -0.485. The van der Waals surface area contributed by atoms with Gasteiger partial charge in [0.05, 0.1) is 13.2 Å². The highest BCUT2D eigenvalue weighted by Gasteiger charge is 2.25. The average molecular weight is 433 g/mol. The first kappa shape index (κ1) is 21.5. The van der Waals surface area contributed by atoms with E-state index in [1.807, 2.05) is 30.3 Å². The number of hydrogen-bond donors (Lipinski definition) is 1. The smallest absolute Gasteiger partial charge is 0.322 e. The number of morpholine rings is 1. The van der Waals surface area contributed by atoms with Gasteiger partial charge in [0.1, 0.15) is 11.9 Å². The molecule has 0 unspecified atom stereocenters. The number of ether oxygens (including phenoxy) is 1. The second kappa shape index (κ2) is 9.62. The van der Waals surface area contributed by atoms with Gasteiger partial charge in [-0.25, -0.2) is 9.18 Å². The third kappa shape index (κ3) is 4.95. The van der Waals surface area contributed by atoms with Gasteiger partial charge in [-0.2, -0.15) is 0 Å². The Morgan fingerprint density at radius 3 is 2.53 bits per heavy atom. The second-order valence-electron chi connectivity index (χ2n) is 7.57. The van der Waals surface area contributed by atoms with Crippen LogP contribution < -0.4 is 10.2 Å². The first-order valence-electron chi connectivity index (χ1n) is 10.4. The van der Waals surface area contributed by atoms with E-state index in [2.05, 4.69) is 5.32 Å². The molecule has 1 saturated heterocycles. The Kier molecular flexibility index (Phi) is 6.47. The topological polar surface area (TPSA) is 61.9 Å². The first-order chi connectivity index (χ1) is 15.5. The highest BCUT2D eigenvalue weighted by Crippen LogP contribution is 2.23. The molecule has 7 heteroatoms. The van der Waals surface area contributed by atoms with Crippen molar-refractivity contribution >= 4 is 23.3 Å². The summed E-state index contributed by atoms with van der Waals surface area (Å²) in [7, 11) is 1.71. The largest absolute Gasteiger partial charge is 0.370 e. The molecule has 0 spiro atoms. The number of carbonyl (C=O) groups excluding carboxylic acids is 2. The van der Waals surface area contributed by atoms with Gasteiger partial charge in [-0.15, -0.1) is 0 Å². The molecule has 0 aliphatic carbocycles. The monoisotopic (exact) mass is 433 g/mol. The SMILES string of the molecule is CN(C(=O)c1cccc(NC(=O)N2CCO[C@H](c3ccc(F)cc3)C2)c1)c1ccccc1. The maximum absolute atomic E-state index is 13.2. The molecule has 0 radical (unpaired) electrons. The van der Waals surface area contributed by atoms with Crippen LogP contribution in [0.2, 0.25) is 0 Å². The molecule has 32 heavy (non-hydrogen) atoms. The van der Waals surface area contributed by atoms with Gasteiger partial charge in [0.15, 0.2) is 0 Å². The zero-order valence-electron chi connectivity index (χ0n) is 17.7. The van der Waals surface area contributed by atoms with Gasteiger partial charge in [0.25, 0.3) is 5.91 Å². The average Bonchev–Trinajstić information content (AvgIpc) is 2.84. The summed E-state index contributed by atoms with van der Waals surface area (Å²) in [6.07, 6.45) is -0.317. The van der Waals surface area contributed by atoms with E-state index < -0.39 is 0 Å². The fourth-order valence-electron chi connectivity index (χ4n) is 3.61. The molecular formula is C25H24FN3O3. The van der Waals surface area contributed by atoms with Crippen molar-refractivity contribution in [3.63, 3.8) is 0 Å². The molecule has 1 aliphatic rings. The Hall–Kier alpha value is -3.71. The molecule has 6 nitrogen and oxygen atoms in total.